The molecule has 2 atom stereocenters. The van der Waals surface area contributed by atoms with Crippen molar-refractivity contribution in [3.63, 3.8) is 0 Å². The normalized spacial score (nSPS) is 16.9. The van der Waals surface area contributed by atoms with Gasteiger partial charge in [-0.3, -0.25) is 0 Å². The van der Waals surface area contributed by atoms with Crippen LogP contribution in [-0.2, 0) is 11.3 Å². The average Bonchev–Trinajstić information content (AvgIpc) is 3.46. The molecule has 2 heterocycles. The topological polar surface area (TPSA) is 46.4 Å². The molecule has 0 saturated carbocycles. The van der Waals surface area contributed by atoms with E-state index >= 15 is 0 Å². The lowest BCUT2D eigenvalue weighted by atomic mass is 9.97. The van der Waals surface area contributed by atoms with Crippen LogP contribution in [0.3, 0.4) is 0 Å². The number of aliphatic hydroxyl groups excluding tert-OH is 1. The molecule has 0 spiro atoms. The van der Waals surface area contributed by atoms with Crippen molar-refractivity contribution >= 4 is 10.9 Å². The third-order valence-electron chi connectivity index (χ3n) is 6.77. The molecule has 3 aromatic carbocycles. The van der Waals surface area contributed by atoms with Gasteiger partial charge in [0.05, 0.1) is 30.0 Å². The van der Waals surface area contributed by atoms with Gasteiger partial charge in [-0.2, -0.15) is 0 Å². The van der Waals surface area contributed by atoms with Crippen molar-refractivity contribution in [1.29, 1.82) is 0 Å². The van der Waals surface area contributed by atoms with Crippen molar-refractivity contribution in [3.05, 3.63) is 83.9 Å². The lowest BCUT2D eigenvalue weighted by molar-refractivity contribution is 0.101. The fourth-order valence-electron chi connectivity index (χ4n) is 5.35. The van der Waals surface area contributed by atoms with Gasteiger partial charge < -0.3 is 19.7 Å². The molecule has 4 heteroatoms. The van der Waals surface area contributed by atoms with Crippen molar-refractivity contribution in [1.82, 2.24) is 9.88 Å². The molecule has 1 aromatic heterocycles. The Balaban J connectivity index is 1.59. The van der Waals surface area contributed by atoms with Gasteiger partial charge in [0, 0.05) is 30.6 Å². The average molecular weight is 455 g/mol. The van der Waals surface area contributed by atoms with Gasteiger partial charge in [0.1, 0.15) is 0 Å². The first kappa shape index (κ1) is 22.9. The summed E-state index contributed by atoms with van der Waals surface area (Å²) in [5, 5.41) is 15.8. The second kappa shape index (κ2) is 10.1. The van der Waals surface area contributed by atoms with E-state index in [9.17, 15) is 5.11 Å². The highest BCUT2D eigenvalue weighted by Gasteiger charge is 2.23. The number of hydrogen-bond acceptors (Lipinski definition) is 3. The SMILES string of the molecule is Cc1cc(C)c2c(c1)c(-c1ccccc1)c(-c1ccccc1)n2C[C@H](O)CNC[C@@H]1CCCO1. The third kappa shape index (κ3) is 4.67. The molecule has 4 aromatic rings. The highest BCUT2D eigenvalue weighted by atomic mass is 16.5. The molecule has 34 heavy (non-hydrogen) atoms. The zero-order valence-corrected chi connectivity index (χ0v) is 20.1. The Morgan fingerprint density at radius 2 is 1.71 bits per heavy atom. The Kier molecular flexibility index (Phi) is 6.82. The van der Waals surface area contributed by atoms with Crippen LogP contribution in [0.5, 0.6) is 0 Å². The first-order valence-corrected chi connectivity index (χ1v) is 12.4. The molecule has 1 aliphatic heterocycles. The van der Waals surface area contributed by atoms with Gasteiger partial charge in [-0.05, 0) is 49.4 Å². The second-order valence-corrected chi connectivity index (χ2v) is 9.49. The van der Waals surface area contributed by atoms with E-state index in [2.05, 4.69) is 96.5 Å². The summed E-state index contributed by atoms with van der Waals surface area (Å²) in [5.41, 5.74) is 8.42. The summed E-state index contributed by atoms with van der Waals surface area (Å²) in [4.78, 5) is 0. The van der Waals surface area contributed by atoms with Crippen molar-refractivity contribution in [2.75, 3.05) is 19.7 Å². The van der Waals surface area contributed by atoms with E-state index in [0.29, 0.717) is 13.1 Å². The molecule has 1 aliphatic rings. The van der Waals surface area contributed by atoms with E-state index in [4.69, 9.17) is 4.74 Å². The zero-order chi connectivity index (χ0) is 23.5. The van der Waals surface area contributed by atoms with Crippen molar-refractivity contribution in [2.45, 2.75) is 45.4 Å². The second-order valence-electron chi connectivity index (χ2n) is 9.49. The van der Waals surface area contributed by atoms with Crippen molar-refractivity contribution in [3.8, 4) is 22.4 Å². The first-order valence-electron chi connectivity index (χ1n) is 12.4. The maximum absolute atomic E-state index is 11.1. The molecular weight excluding hydrogens is 420 g/mol. The minimum Gasteiger partial charge on any atom is -0.390 e. The monoisotopic (exact) mass is 454 g/mol. The summed E-state index contributed by atoms with van der Waals surface area (Å²) in [6.07, 6.45) is 1.99. The molecule has 1 fully saturated rings. The fourth-order valence-corrected chi connectivity index (χ4v) is 5.35. The third-order valence-corrected chi connectivity index (χ3v) is 6.77. The molecule has 4 nitrogen and oxygen atoms in total. The Morgan fingerprint density at radius 3 is 2.38 bits per heavy atom. The van der Waals surface area contributed by atoms with Gasteiger partial charge in [0.25, 0.3) is 0 Å². The molecular formula is C30H34N2O2. The zero-order valence-electron chi connectivity index (χ0n) is 20.1. The highest BCUT2D eigenvalue weighted by molar-refractivity contribution is 6.06. The van der Waals surface area contributed by atoms with E-state index < -0.39 is 6.10 Å². The number of fused-ring (bicyclic) bond motifs is 1. The van der Waals surface area contributed by atoms with E-state index in [1.165, 1.54) is 33.2 Å². The molecule has 176 valence electrons. The van der Waals surface area contributed by atoms with Crippen molar-refractivity contribution in [2.24, 2.45) is 0 Å². The van der Waals surface area contributed by atoms with Gasteiger partial charge in [-0.25, -0.2) is 0 Å². The van der Waals surface area contributed by atoms with Crippen LogP contribution in [0, 0.1) is 13.8 Å². The Labute approximate surface area is 202 Å². The van der Waals surface area contributed by atoms with Crippen LogP contribution in [0.1, 0.15) is 24.0 Å². The number of aromatic nitrogens is 1. The summed E-state index contributed by atoms with van der Waals surface area (Å²) >= 11 is 0. The van der Waals surface area contributed by atoms with Crippen LogP contribution in [-0.4, -0.2) is 41.6 Å². The van der Waals surface area contributed by atoms with Crippen LogP contribution in [0.2, 0.25) is 0 Å². The fraction of sp³-hybridized carbons (Fsp3) is 0.333. The number of ether oxygens (including phenoxy) is 1. The lowest BCUT2D eigenvalue weighted by Gasteiger charge is -2.19. The largest absolute Gasteiger partial charge is 0.390 e. The van der Waals surface area contributed by atoms with Crippen LogP contribution >= 0.6 is 0 Å². The van der Waals surface area contributed by atoms with Crippen LogP contribution in [0.25, 0.3) is 33.3 Å². The number of aliphatic hydroxyl groups is 1. The minimum absolute atomic E-state index is 0.273. The van der Waals surface area contributed by atoms with E-state index in [0.717, 1.165) is 37.3 Å². The minimum atomic E-state index is -0.510. The summed E-state index contributed by atoms with van der Waals surface area (Å²) in [7, 11) is 0. The smallest absolute Gasteiger partial charge is 0.0843 e. The predicted molar refractivity (Wildman–Crippen MR) is 140 cm³/mol. The van der Waals surface area contributed by atoms with Crippen LogP contribution in [0.4, 0.5) is 0 Å². The van der Waals surface area contributed by atoms with E-state index in [1.54, 1.807) is 0 Å². The summed E-state index contributed by atoms with van der Waals surface area (Å²) < 4.78 is 8.05. The number of nitrogens with zero attached hydrogens (tertiary/aromatic N) is 1. The highest BCUT2D eigenvalue weighted by Crippen LogP contribution is 2.42. The van der Waals surface area contributed by atoms with Crippen LogP contribution < -0.4 is 5.32 Å². The summed E-state index contributed by atoms with van der Waals surface area (Å²) in [6, 6.07) is 25.7. The number of rotatable bonds is 8. The standard InChI is InChI=1S/C30H34N2O2/c1-21-16-22(2)29-27(17-21)28(23-10-5-3-6-11-23)30(24-12-7-4-8-13-24)32(29)20-25(33)18-31-19-26-14-9-15-34-26/h3-8,10-13,16-17,25-26,31,33H,9,14-15,18-20H2,1-2H3/t25-,26+/m1/s1. The molecule has 2 N–H and O–H groups in total. The number of hydrogen-bond donors (Lipinski definition) is 2. The molecule has 1 saturated heterocycles. The van der Waals surface area contributed by atoms with Gasteiger partial charge >= 0.3 is 0 Å². The molecule has 0 aliphatic carbocycles. The Hall–Kier alpha value is -2.92. The number of aryl methyl sites for hydroxylation is 2. The maximum Gasteiger partial charge on any atom is 0.0843 e. The first-order chi connectivity index (χ1) is 16.6. The van der Waals surface area contributed by atoms with Crippen molar-refractivity contribution < 1.29 is 9.84 Å². The summed E-state index contributed by atoms with van der Waals surface area (Å²) in [5.74, 6) is 0. The summed E-state index contributed by atoms with van der Waals surface area (Å²) in [6.45, 7) is 7.05. The molecule has 0 unspecified atom stereocenters. The maximum atomic E-state index is 11.1. The van der Waals surface area contributed by atoms with E-state index in [-0.39, 0.29) is 6.10 Å². The number of benzene rings is 3. The van der Waals surface area contributed by atoms with Crippen LogP contribution in [0.15, 0.2) is 72.8 Å². The quantitative estimate of drug-likeness (QED) is 0.358. The molecule has 0 bridgehead atoms. The van der Waals surface area contributed by atoms with Gasteiger partial charge in [-0.1, -0.05) is 72.3 Å². The molecule has 0 amide bonds. The van der Waals surface area contributed by atoms with Gasteiger partial charge in [0.15, 0.2) is 0 Å². The Morgan fingerprint density at radius 1 is 1.00 bits per heavy atom. The number of nitrogens with one attached hydrogen (secondary N) is 1. The molecule has 5 rings (SSSR count). The van der Waals surface area contributed by atoms with E-state index in [1.807, 2.05) is 0 Å². The predicted octanol–water partition coefficient (Wildman–Crippen LogP) is 5.72. The molecule has 0 radical (unpaired) electrons. The van der Waals surface area contributed by atoms with Gasteiger partial charge in [-0.15, -0.1) is 0 Å². The van der Waals surface area contributed by atoms with Gasteiger partial charge in [0.2, 0.25) is 0 Å². The lowest BCUT2D eigenvalue weighted by Crippen LogP contribution is -2.35. The Bertz CT molecular complexity index is 1240.